The van der Waals surface area contributed by atoms with Crippen molar-refractivity contribution < 1.29 is 18.7 Å². The second-order valence-corrected chi connectivity index (χ2v) is 4.60. The van der Waals surface area contributed by atoms with Gasteiger partial charge in [0.15, 0.2) is 0 Å². The molecule has 0 radical (unpaired) electrons. The number of hydrogen-bond acceptors (Lipinski definition) is 2. The predicted molar refractivity (Wildman–Crippen MR) is 64.2 cm³/mol. The first kappa shape index (κ1) is 14.6. The molecule has 1 aromatic carbocycles. The molecule has 0 saturated heterocycles. The van der Waals surface area contributed by atoms with E-state index in [0.717, 1.165) is 12.1 Å². The molecule has 2 atom stereocenters. The maximum absolute atomic E-state index is 13.8. The number of hydrogen-bond donors (Lipinski definition) is 2. The summed E-state index contributed by atoms with van der Waals surface area (Å²) < 4.78 is 27.6. The van der Waals surface area contributed by atoms with E-state index in [1.54, 1.807) is 6.92 Å². The van der Waals surface area contributed by atoms with Crippen molar-refractivity contribution in [1.82, 2.24) is 0 Å². The van der Waals surface area contributed by atoms with Gasteiger partial charge in [-0.15, -0.1) is 0 Å². The topological polar surface area (TPSA) is 63.3 Å². The third-order valence-electron chi connectivity index (χ3n) is 3.31. The summed E-state index contributed by atoms with van der Waals surface area (Å²) in [7, 11) is 0. The van der Waals surface area contributed by atoms with Crippen LogP contribution in [0.4, 0.5) is 8.78 Å². The number of nitrogens with two attached hydrogens (primary N) is 1. The van der Waals surface area contributed by atoms with Crippen LogP contribution in [-0.4, -0.2) is 17.1 Å². The maximum Gasteiger partial charge on any atom is 0.304 e. The molecule has 0 spiro atoms. The average Bonchev–Trinajstić information content (AvgIpc) is 2.26. The SMILES string of the molecule is CCC(N)C(C)(CC(=O)O)c1c(F)cccc1F. The fraction of sp³-hybridized carbons (Fsp3) is 0.462. The molecule has 0 aliphatic carbocycles. The van der Waals surface area contributed by atoms with Crippen molar-refractivity contribution in [2.24, 2.45) is 5.73 Å². The molecule has 18 heavy (non-hydrogen) atoms. The summed E-state index contributed by atoms with van der Waals surface area (Å²) in [5.41, 5.74) is 4.36. The van der Waals surface area contributed by atoms with Crippen LogP contribution >= 0.6 is 0 Å². The van der Waals surface area contributed by atoms with Gasteiger partial charge in [-0.05, 0) is 18.6 Å². The van der Waals surface area contributed by atoms with Gasteiger partial charge in [0.25, 0.3) is 0 Å². The highest BCUT2D eigenvalue weighted by Crippen LogP contribution is 2.35. The minimum atomic E-state index is -1.27. The van der Waals surface area contributed by atoms with E-state index in [-0.39, 0.29) is 5.56 Å². The first-order valence-corrected chi connectivity index (χ1v) is 5.74. The lowest BCUT2D eigenvalue weighted by Crippen LogP contribution is -2.45. The summed E-state index contributed by atoms with van der Waals surface area (Å²) in [5, 5.41) is 8.94. The zero-order valence-electron chi connectivity index (χ0n) is 10.4. The summed E-state index contributed by atoms with van der Waals surface area (Å²) in [4.78, 5) is 10.9. The molecule has 0 amide bonds. The van der Waals surface area contributed by atoms with Gasteiger partial charge in [0, 0.05) is 17.0 Å². The van der Waals surface area contributed by atoms with Crippen LogP contribution in [0.25, 0.3) is 0 Å². The Kier molecular flexibility index (Phi) is 4.40. The Morgan fingerprint density at radius 2 is 1.94 bits per heavy atom. The molecule has 0 heterocycles. The van der Waals surface area contributed by atoms with E-state index in [1.807, 2.05) is 0 Å². The monoisotopic (exact) mass is 257 g/mol. The van der Waals surface area contributed by atoms with Gasteiger partial charge in [0.1, 0.15) is 11.6 Å². The Morgan fingerprint density at radius 3 is 2.33 bits per heavy atom. The normalized spacial score (nSPS) is 16.1. The minimum absolute atomic E-state index is 0.248. The zero-order valence-corrected chi connectivity index (χ0v) is 10.4. The van der Waals surface area contributed by atoms with Crippen molar-refractivity contribution in [3.8, 4) is 0 Å². The maximum atomic E-state index is 13.8. The molecule has 2 unspecified atom stereocenters. The molecule has 100 valence electrons. The molecule has 0 aliphatic heterocycles. The highest BCUT2D eigenvalue weighted by atomic mass is 19.1. The molecule has 0 bridgehead atoms. The quantitative estimate of drug-likeness (QED) is 0.851. The van der Waals surface area contributed by atoms with Gasteiger partial charge < -0.3 is 10.8 Å². The van der Waals surface area contributed by atoms with Gasteiger partial charge in [-0.3, -0.25) is 4.79 Å². The van der Waals surface area contributed by atoms with E-state index in [4.69, 9.17) is 10.8 Å². The fourth-order valence-corrected chi connectivity index (χ4v) is 2.21. The first-order chi connectivity index (χ1) is 8.32. The molecular weight excluding hydrogens is 240 g/mol. The van der Waals surface area contributed by atoms with Crippen LogP contribution in [0.1, 0.15) is 32.3 Å². The molecule has 0 fully saturated rings. The van der Waals surface area contributed by atoms with Crippen LogP contribution in [0.2, 0.25) is 0 Å². The first-order valence-electron chi connectivity index (χ1n) is 5.74. The van der Waals surface area contributed by atoms with Crippen LogP contribution in [0.3, 0.4) is 0 Å². The lowest BCUT2D eigenvalue weighted by atomic mass is 9.72. The number of carbonyl (C=O) groups is 1. The van der Waals surface area contributed by atoms with Crippen LogP contribution < -0.4 is 5.73 Å². The molecule has 1 rings (SSSR count). The van der Waals surface area contributed by atoms with Crippen molar-refractivity contribution >= 4 is 5.97 Å². The van der Waals surface area contributed by atoms with E-state index in [2.05, 4.69) is 0 Å². The molecule has 3 nitrogen and oxygen atoms in total. The van der Waals surface area contributed by atoms with Gasteiger partial charge in [0.2, 0.25) is 0 Å². The van der Waals surface area contributed by atoms with Gasteiger partial charge in [-0.2, -0.15) is 0 Å². The summed E-state index contributed by atoms with van der Waals surface area (Å²) in [6, 6.07) is 2.83. The van der Waals surface area contributed by atoms with Crippen LogP contribution in [-0.2, 0) is 10.2 Å². The average molecular weight is 257 g/mol. The predicted octanol–water partition coefficient (Wildman–Crippen LogP) is 2.43. The molecule has 0 saturated carbocycles. The van der Waals surface area contributed by atoms with Crippen LogP contribution in [0.5, 0.6) is 0 Å². The third kappa shape index (κ3) is 2.67. The van der Waals surface area contributed by atoms with E-state index in [0.29, 0.717) is 6.42 Å². The summed E-state index contributed by atoms with van der Waals surface area (Å²) in [6.07, 6.45) is 0.0113. The molecule has 1 aromatic rings. The van der Waals surface area contributed by atoms with E-state index in [1.165, 1.54) is 13.0 Å². The van der Waals surface area contributed by atoms with E-state index in [9.17, 15) is 13.6 Å². The molecule has 0 aromatic heterocycles. The fourth-order valence-electron chi connectivity index (χ4n) is 2.21. The summed E-state index contributed by atoms with van der Waals surface area (Å²) >= 11 is 0. The zero-order chi connectivity index (χ0) is 13.9. The van der Waals surface area contributed by atoms with Crippen molar-refractivity contribution in [1.29, 1.82) is 0 Å². The lowest BCUT2D eigenvalue weighted by Gasteiger charge is -2.34. The Morgan fingerprint density at radius 1 is 1.44 bits per heavy atom. The highest BCUT2D eigenvalue weighted by Gasteiger charge is 2.39. The van der Waals surface area contributed by atoms with Crippen LogP contribution in [0.15, 0.2) is 18.2 Å². The number of benzene rings is 1. The highest BCUT2D eigenvalue weighted by molar-refractivity contribution is 5.69. The second kappa shape index (κ2) is 5.44. The lowest BCUT2D eigenvalue weighted by molar-refractivity contribution is -0.138. The van der Waals surface area contributed by atoms with E-state index >= 15 is 0 Å². The number of rotatable bonds is 5. The van der Waals surface area contributed by atoms with Crippen molar-refractivity contribution in [2.45, 2.75) is 38.1 Å². The number of carboxylic acids is 1. The molecule has 0 aliphatic rings. The van der Waals surface area contributed by atoms with Gasteiger partial charge in [0.05, 0.1) is 6.42 Å². The minimum Gasteiger partial charge on any atom is -0.481 e. The van der Waals surface area contributed by atoms with Gasteiger partial charge in [-0.25, -0.2) is 8.78 Å². The molecule has 3 N–H and O–H groups in total. The van der Waals surface area contributed by atoms with Crippen molar-refractivity contribution in [2.75, 3.05) is 0 Å². The Bertz CT molecular complexity index is 430. The Labute approximate surface area is 105 Å². The molecule has 5 heteroatoms. The van der Waals surface area contributed by atoms with Gasteiger partial charge in [-0.1, -0.05) is 19.9 Å². The smallest absolute Gasteiger partial charge is 0.304 e. The van der Waals surface area contributed by atoms with E-state index < -0.39 is 35.5 Å². The Balaban J connectivity index is 3.38. The van der Waals surface area contributed by atoms with Crippen LogP contribution in [0, 0.1) is 11.6 Å². The summed E-state index contributed by atoms with van der Waals surface area (Å²) in [6.45, 7) is 3.24. The third-order valence-corrected chi connectivity index (χ3v) is 3.31. The number of carboxylic acid groups (broad SMARTS) is 1. The molecular formula is C13H17F2NO2. The van der Waals surface area contributed by atoms with Crippen molar-refractivity contribution in [3.05, 3.63) is 35.4 Å². The van der Waals surface area contributed by atoms with Crippen molar-refractivity contribution in [3.63, 3.8) is 0 Å². The standard InChI is InChI=1S/C13H17F2NO2/c1-3-10(16)13(2,7-11(17)18)12-8(14)5-4-6-9(12)15/h4-6,10H,3,7,16H2,1-2H3,(H,17,18). The summed E-state index contributed by atoms with van der Waals surface area (Å²) in [5.74, 6) is -2.66. The number of halogens is 2. The van der Waals surface area contributed by atoms with Gasteiger partial charge >= 0.3 is 5.97 Å². The second-order valence-electron chi connectivity index (χ2n) is 4.60. The Hall–Kier alpha value is -1.49. The number of aliphatic carboxylic acids is 1. The largest absolute Gasteiger partial charge is 0.481 e.